The summed E-state index contributed by atoms with van der Waals surface area (Å²) >= 11 is 0. The minimum Gasteiger partial charge on any atom is -0.494 e. The van der Waals surface area contributed by atoms with Crippen molar-refractivity contribution in [2.75, 3.05) is 24.7 Å². The van der Waals surface area contributed by atoms with Crippen molar-refractivity contribution < 1.29 is 24.2 Å². The Bertz CT molecular complexity index is 785. The molecule has 0 atom stereocenters. The number of fused-ring (bicyclic) bond motifs is 1. The first-order valence-electron chi connectivity index (χ1n) is 8.04. The molecular formula is C19H19NO5. The minimum atomic E-state index is -1.04. The Balaban J connectivity index is 1.64. The molecule has 0 radical (unpaired) electrons. The average molecular weight is 341 g/mol. The van der Waals surface area contributed by atoms with E-state index in [1.54, 1.807) is 11.0 Å². The zero-order valence-corrected chi connectivity index (χ0v) is 13.9. The molecule has 1 amide bonds. The Morgan fingerprint density at radius 2 is 2.00 bits per heavy atom. The molecule has 0 saturated heterocycles. The molecule has 0 spiro atoms. The molecule has 25 heavy (non-hydrogen) atoms. The van der Waals surface area contributed by atoms with Gasteiger partial charge in [0.05, 0.1) is 17.9 Å². The molecule has 1 N–H and O–H groups in total. The second-order valence-electron chi connectivity index (χ2n) is 5.84. The van der Waals surface area contributed by atoms with Gasteiger partial charge >= 0.3 is 5.97 Å². The second-order valence-corrected chi connectivity index (χ2v) is 5.84. The highest BCUT2D eigenvalue weighted by Gasteiger charge is 2.26. The molecule has 0 fully saturated rings. The number of carboxylic acid groups (broad SMARTS) is 1. The second kappa shape index (κ2) is 7.25. The number of hydrogen-bond donors (Lipinski definition) is 1. The summed E-state index contributed by atoms with van der Waals surface area (Å²) < 4.78 is 11.0. The topological polar surface area (TPSA) is 76.1 Å². The third kappa shape index (κ3) is 3.91. The van der Waals surface area contributed by atoms with Crippen LogP contribution in [0.4, 0.5) is 5.69 Å². The van der Waals surface area contributed by atoms with Gasteiger partial charge in [0.15, 0.2) is 6.61 Å². The summed E-state index contributed by atoms with van der Waals surface area (Å²) in [5.41, 5.74) is 1.78. The lowest BCUT2D eigenvalue weighted by Crippen LogP contribution is -2.40. The molecule has 0 saturated carbocycles. The first-order chi connectivity index (χ1) is 12.0. The smallest absolute Gasteiger partial charge is 0.335 e. The van der Waals surface area contributed by atoms with E-state index in [9.17, 15) is 9.59 Å². The summed E-state index contributed by atoms with van der Waals surface area (Å²) in [5.74, 6) is 0.0744. The van der Waals surface area contributed by atoms with Gasteiger partial charge in [-0.05, 0) is 43.7 Å². The van der Waals surface area contributed by atoms with Gasteiger partial charge in [-0.1, -0.05) is 17.7 Å². The Morgan fingerprint density at radius 3 is 2.72 bits per heavy atom. The van der Waals surface area contributed by atoms with E-state index in [2.05, 4.69) is 0 Å². The lowest BCUT2D eigenvalue weighted by molar-refractivity contribution is -0.121. The van der Waals surface area contributed by atoms with Crippen molar-refractivity contribution in [3.05, 3.63) is 53.6 Å². The molecule has 0 aromatic heterocycles. The molecule has 6 heteroatoms. The fourth-order valence-corrected chi connectivity index (χ4v) is 2.63. The molecule has 3 rings (SSSR count). The maximum atomic E-state index is 12.2. The van der Waals surface area contributed by atoms with Crippen LogP contribution < -0.4 is 14.4 Å². The van der Waals surface area contributed by atoms with E-state index >= 15 is 0 Å². The Kier molecular flexibility index (Phi) is 4.88. The summed E-state index contributed by atoms with van der Waals surface area (Å²) in [6.45, 7) is 2.86. The largest absolute Gasteiger partial charge is 0.494 e. The molecule has 0 bridgehead atoms. The number of rotatable bonds is 6. The van der Waals surface area contributed by atoms with E-state index in [0.29, 0.717) is 31.0 Å². The molecule has 2 aromatic rings. The highest BCUT2D eigenvalue weighted by atomic mass is 16.5. The summed E-state index contributed by atoms with van der Waals surface area (Å²) in [5, 5.41) is 9.13. The average Bonchev–Trinajstić information content (AvgIpc) is 2.61. The van der Waals surface area contributed by atoms with Gasteiger partial charge in [0, 0.05) is 6.54 Å². The monoisotopic (exact) mass is 341 g/mol. The molecule has 2 aromatic carbocycles. The van der Waals surface area contributed by atoms with Gasteiger partial charge in [-0.25, -0.2) is 4.79 Å². The van der Waals surface area contributed by atoms with Crippen LogP contribution in [-0.2, 0) is 4.79 Å². The zero-order chi connectivity index (χ0) is 17.8. The fourth-order valence-electron chi connectivity index (χ4n) is 2.63. The van der Waals surface area contributed by atoms with Gasteiger partial charge in [-0.2, -0.15) is 0 Å². The van der Waals surface area contributed by atoms with Crippen LogP contribution in [0.15, 0.2) is 42.5 Å². The SMILES string of the molecule is Cc1ccc(OCCCN2C(=O)COc3ccc(C(=O)O)cc32)cc1. The van der Waals surface area contributed by atoms with Crippen LogP contribution in [0.2, 0.25) is 0 Å². The van der Waals surface area contributed by atoms with E-state index in [1.807, 2.05) is 31.2 Å². The first kappa shape index (κ1) is 16.8. The standard InChI is InChI=1S/C19H19NO5/c1-13-3-6-15(7-4-13)24-10-2-9-20-16-11-14(19(22)23)5-8-17(16)25-12-18(20)21/h3-8,11H,2,9-10,12H2,1H3,(H,22,23). The van der Waals surface area contributed by atoms with Gasteiger partial charge in [0.2, 0.25) is 0 Å². The van der Waals surface area contributed by atoms with Crippen LogP contribution >= 0.6 is 0 Å². The van der Waals surface area contributed by atoms with E-state index in [1.165, 1.54) is 12.1 Å². The van der Waals surface area contributed by atoms with Crippen molar-refractivity contribution in [3.63, 3.8) is 0 Å². The van der Waals surface area contributed by atoms with Crippen LogP contribution in [0, 0.1) is 6.92 Å². The Hall–Kier alpha value is -3.02. The normalized spacial score (nSPS) is 13.2. The van der Waals surface area contributed by atoms with Crippen molar-refractivity contribution in [2.24, 2.45) is 0 Å². The van der Waals surface area contributed by atoms with Gasteiger partial charge in [0.25, 0.3) is 5.91 Å². The van der Waals surface area contributed by atoms with E-state index < -0.39 is 5.97 Å². The van der Waals surface area contributed by atoms with E-state index in [0.717, 1.165) is 11.3 Å². The van der Waals surface area contributed by atoms with Gasteiger partial charge < -0.3 is 19.5 Å². The number of carbonyl (C=O) groups excluding carboxylic acids is 1. The van der Waals surface area contributed by atoms with Gasteiger partial charge in [-0.3, -0.25) is 4.79 Å². The Labute approximate surface area is 145 Å². The molecule has 1 heterocycles. The Morgan fingerprint density at radius 1 is 1.24 bits per heavy atom. The van der Waals surface area contributed by atoms with Crippen LogP contribution in [0.1, 0.15) is 22.3 Å². The minimum absolute atomic E-state index is 0.0434. The zero-order valence-electron chi connectivity index (χ0n) is 13.9. The predicted molar refractivity (Wildman–Crippen MR) is 92.5 cm³/mol. The van der Waals surface area contributed by atoms with Crippen LogP contribution in [0.5, 0.6) is 11.5 Å². The first-order valence-corrected chi connectivity index (χ1v) is 8.04. The van der Waals surface area contributed by atoms with Gasteiger partial charge in [-0.15, -0.1) is 0 Å². The maximum Gasteiger partial charge on any atom is 0.335 e. The summed E-state index contributed by atoms with van der Waals surface area (Å²) in [7, 11) is 0. The highest BCUT2D eigenvalue weighted by molar-refractivity contribution is 5.99. The highest BCUT2D eigenvalue weighted by Crippen LogP contribution is 2.33. The summed E-state index contributed by atoms with van der Waals surface area (Å²) in [4.78, 5) is 24.9. The maximum absolute atomic E-state index is 12.2. The van der Waals surface area contributed by atoms with Crippen molar-refractivity contribution in [2.45, 2.75) is 13.3 Å². The van der Waals surface area contributed by atoms with Crippen LogP contribution in [0.25, 0.3) is 0 Å². The molecule has 0 aliphatic carbocycles. The van der Waals surface area contributed by atoms with Crippen molar-refractivity contribution in [1.82, 2.24) is 0 Å². The number of carboxylic acids is 1. The van der Waals surface area contributed by atoms with Crippen molar-refractivity contribution in [3.8, 4) is 11.5 Å². The van der Waals surface area contributed by atoms with Crippen LogP contribution in [-0.4, -0.2) is 36.7 Å². The van der Waals surface area contributed by atoms with Crippen molar-refractivity contribution in [1.29, 1.82) is 0 Å². The third-order valence-electron chi connectivity index (χ3n) is 3.96. The molecular weight excluding hydrogens is 322 g/mol. The molecule has 1 aliphatic rings. The number of aromatic carboxylic acids is 1. The number of benzene rings is 2. The molecule has 130 valence electrons. The lowest BCUT2D eigenvalue weighted by Gasteiger charge is -2.29. The number of ether oxygens (including phenoxy) is 2. The molecule has 1 aliphatic heterocycles. The number of amides is 1. The van der Waals surface area contributed by atoms with Gasteiger partial charge in [0.1, 0.15) is 11.5 Å². The predicted octanol–water partition coefficient (Wildman–Crippen LogP) is 2.89. The lowest BCUT2D eigenvalue weighted by atomic mass is 10.1. The third-order valence-corrected chi connectivity index (χ3v) is 3.96. The van der Waals surface area contributed by atoms with E-state index in [-0.39, 0.29) is 18.1 Å². The number of carbonyl (C=O) groups is 2. The molecule has 6 nitrogen and oxygen atoms in total. The number of aryl methyl sites for hydroxylation is 1. The number of hydrogen-bond acceptors (Lipinski definition) is 4. The molecule has 0 unspecified atom stereocenters. The summed E-state index contributed by atoms with van der Waals surface area (Å²) in [6.07, 6.45) is 0.621. The number of nitrogens with zero attached hydrogens (tertiary/aromatic N) is 1. The quantitative estimate of drug-likeness (QED) is 0.818. The fraction of sp³-hybridized carbons (Fsp3) is 0.263. The van der Waals surface area contributed by atoms with Crippen LogP contribution in [0.3, 0.4) is 0 Å². The van der Waals surface area contributed by atoms with E-state index in [4.69, 9.17) is 14.6 Å². The van der Waals surface area contributed by atoms with Crippen molar-refractivity contribution >= 4 is 17.6 Å². The number of anilines is 1. The summed E-state index contributed by atoms with van der Waals surface area (Å²) in [6, 6.07) is 12.3.